The van der Waals surface area contributed by atoms with E-state index in [1.54, 1.807) is 25.1 Å². The van der Waals surface area contributed by atoms with Gasteiger partial charge in [0.25, 0.3) is 0 Å². The highest BCUT2D eigenvalue weighted by Gasteiger charge is 2.13. The van der Waals surface area contributed by atoms with Gasteiger partial charge in [-0.2, -0.15) is 0 Å². The number of hydrogen-bond acceptors (Lipinski definition) is 2. The molecule has 0 bridgehead atoms. The van der Waals surface area contributed by atoms with Gasteiger partial charge in [-0.15, -0.1) is 0 Å². The highest BCUT2D eigenvalue weighted by atomic mass is 16.3. The van der Waals surface area contributed by atoms with Crippen LogP contribution >= 0.6 is 0 Å². The predicted octanol–water partition coefficient (Wildman–Crippen LogP) is 4.47. The Hall–Kier alpha value is -2.22. The van der Waals surface area contributed by atoms with Gasteiger partial charge in [-0.1, -0.05) is 25.3 Å². The third-order valence-corrected chi connectivity index (χ3v) is 2.89. The third kappa shape index (κ3) is 0.959. The summed E-state index contributed by atoms with van der Waals surface area (Å²) < 4.78 is 10.5. The van der Waals surface area contributed by atoms with Crippen LogP contribution in [0.3, 0.4) is 0 Å². The quantitative estimate of drug-likeness (QED) is 0.624. The Morgan fingerprint density at radius 3 is 1.44 bits per heavy atom. The molecule has 1 aromatic carbocycles. The second kappa shape index (κ2) is 3.14. The van der Waals surface area contributed by atoms with Crippen molar-refractivity contribution in [1.29, 1.82) is 0 Å². The second-order valence-electron chi connectivity index (χ2n) is 3.63. The van der Waals surface area contributed by atoms with Crippen LogP contribution in [0.25, 0.3) is 33.7 Å². The van der Waals surface area contributed by atoms with E-state index < -0.39 is 0 Å². The zero-order valence-electron chi connectivity index (χ0n) is 8.69. The van der Waals surface area contributed by atoms with Gasteiger partial charge in [-0.25, -0.2) is 0 Å². The summed E-state index contributed by atoms with van der Waals surface area (Å²) in [6, 6.07) is 0. The highest BCUT2D eigenvalue weighted by molar-refractivity contribution is 6.13. The highest BCUT2D eigenvalue weighted by Crippen LogP contribution is 2.35. The molecular weight excluding hydrogens is 200 g/mol. The van der Waals surface area contributed by atoms with Crippen LogP contribution in [-0.2, 0) is 0 Å². The van der Waals surface area contributed by atoms with Gasteiger partial charge in [0, 0.05) is 21.5 Å². The molecule has 2 heterocycles. The zero-order chi connectivity index (χ0) is 11.1. The molecular formula is C14H10O2. The van der Waals surface area contributed by atoms with E-state index in [1.165, 1.54) is 0 Å². The van der Waals surface area contributed by atoms with Crippen LogP contribution in [0.5, 0.6) is 0 Å². The molecule has 0 aliphatic heterocycles. The molecule has 16 heavy (non-hydrogen) atoms. The minimum atomic E-state index is 1.03. The van der Waals surface area contributed by atoms with Crippen molar-refractivity contribution in [3.05, 3.63) is 49.3 Å². The predicted molar refractivity (Wildman–Crippen MR) is 66.2 cm³/mol. The van der Waals surface area contributed by atoms with Crippen LogP contribution in [0.15, 0.2) is 47.0 Å². The van der Waals surface area contributed by atoms with Gasteiger partial charge in [0.15, 0.2) is 0 Å². The van der Waals surface area contributed by atoms with Gasteiger partial charge >= 0.3 is 0 Å². The first-order valence-corrected chi connectivity index (χ1v) is 4.99. The molecule has 0 saturated heterocycles. The van der Waals surface area contributed by atoms with E-state index in [0.29, 0.717) is 0 Å². The maximum absolute atomic E-state index is 5.26. The fourth-order valence-corrected chi connectivity index (χ4v) is 2.16. The van der Waals surface area contributed by atoms with Gasteiger partial charge in [0.05, 0.1) is 25.1 Å². The molecule has 0 radical (unpaired) electrons. The van der Waals surface area contributed by atoms with Crippen LogP contribution in [-0.4, -0.2) is 0 Å². The van der Waals surface area contributed by atoms with Gasteiger partial charge < -0.3 is 8.83 Å². The Bertz CT molecular complexity index is 636. The van der Waals surface area contributed by atoms with Crippen molar-refractivity contribution < 1.29 is 8.83 Å². The minimum absolute atomic E-state index is 1.03. The van der Waals surface area contributed by atoms with Gasteiger partial charge in [0.1, 0.15) is 0 Å². The first-order valence-electron chi connectivity index (χ1n) is 4.99. The molecule has 2 aromatic heterocycles. The van der Waals surface area contributed by atoms with E-state index in [1.807, 2.05) is 12.2 Å². The molecule has 0 unspecified atom stereocenters. The second-order valence-corrected chi connectivity index (χ2v) is 3.63. The van der Waals surface area contributed by atoms with Crippen LogP contribution in [0, 0.1) is 0 Å². The van der Waals surface area contributed by atoms with Gasteiger partial charge in [0.2, 0.25) is 0 Å². The van der Waals surface area contributed by atoms with Crippen LogP contribution in [0.2, 0.25) is 0 Å². The van der Waals surface area contributed by atoms with Gasteiger partial charge in [-0.3, -0.25) is 0 Å². The molecule has 0 fully saturated rings. The lowest BCUT2D eigenvalue weighted by Crippen LogP contribution is -1.83. The lowest BCUT2D eigenvalue weighted by molar-refractivity contribution is 0.570. The number of furan rings is 2. The average molecular weight is 210 g/mol. The minimum Gasteiger partial charge on any atom is -0.471 e. The Morgan fingerprint density at radius 1 is 0.688 bits per heavy atom. The first kappa shape index (κ1) is 9.04. The molecule has 3 rings (SSSR count). The van der Waals surface area contributed by atoms with Crippen molar-refractivity contribution in [2.75, 3.05) is 0 Å². The summed E-state index contributed by atoms with van der Waals surface area (Å²) in [4.78, 5) is 0. The normalized spacial score (nSPS) is 11.0. The smallest absolute Gasteiger partial charge is 0.0988 e. The maximum atomic E-state index is 5.26. The molecule has 78 valence electrons. The largest absolute Gasteiger partial charge is 0.471 e. The summed E-state index contributed by atoms with van der Waals surface area (Å²) in [7, 11) is 0. The summed E-state index contributed by atoms with van der Waals surface area (Å²) >= 11 is 0. The average Bonchev–Trinajstić information content (AvgIpc) is 2.93. The first-order chi connectivity index (χ1) is 7.86. The fraction of sp³-hybridized carbons (Fsp3) is 0. The van der Waals surface area contributed by atoms with E-state index in [2.05, 4.69) is 13.2 Å². The van der Waals surface area contributed by atoms with E-state index in [-0.39, 0.29) is 0 Å². The van der Waals surface area contributed by atoms with Crippen molar-refractivity contribution in [2.45, 2.75) is 0 Å². The lowest BCUT2D eigenvalue weighted by atomic mass is 9.96. The Kier molecular flexibility index (Phi) is 1.77. The number of fused-ring (bicyclic) bond motifs is 3. The number of hydrogen-bond donors (Lipinski definition) is 0. The molecule has 3 aromatic rings. The van der Waals surface area contributed by atoms with Crippen molar-refractivity contribution in [1.82, 2.24) is 0 Å². The van der Waals surface area contributed by atoms with Crippen molar-refractivity contribution >= 4 is 33.7 Å². The molecule has 2 nitrogen and oxygen atoms in total. The molecule has 0 atom stereocenters. The zero-order valence-corrected chi connectivity index (χ0v) is 8.69. The molecule has 0 aliphatic carbocycles. The van der Waals surface area contributed by atoms with E-state index in [4.69, 9.17) is 8.83 Å². The van der Waals surface area contributed by atoms with E-state index in [0.717, 1.165) is 32.7 Å². The number of benzene rings is 1. The molecule has 0 N–H and O–H groups in total. The van der Waals surface area contributed by atoms with Crippen LogP contribution in [0.1, 0.15) is 11.1 Å². The summed E-state index contributed by atoms with van der Waals surface area (Å²) in [5.74, 6) is 0. The molecule has 2 heteroatoms. The number of rotatable bonds is 2. The van der Waals surface area contributed by atoms with Crippen LogP contribution < -0.4 is 0 Å². The lowest BCUT2D eigenvalue weighted by Gasteiger charge is -2.04. The Morgan fingerprint density at radius 2 is 1.06 bits per heavy atom. The van der Waals surface area contributed by atoms with Crippen molar-refractivity contribution in [3.63, 3.8) is 0 Å². The van der Waals surface area contributed by atoms with E-state index in [9.17, 15) is 0 Å². The van der Waals surface area contributed by atoms with Crippen molar-refractivity contribution in [3.8, 4) is 0 Å². The summed E-state index contributed by atoms with van der Waals surface area (Å²) in [6.45, 7) is 7.68. The topological polar surface area (TPSA) is 26.3 Å². The Labute approximate surface area is 92.5 Å². The molecule has 0 spiro atoms. The molecule has 0 saturated carbocycles. The molecule has 0 amide bonds. The van der Waals surface area contributed by atoms with Gasteiger partial charge in [-0.05, 0) is 11.1 Å². The standard InChI is InChI=1S/C14H10O2/c1-3-9-10(4-2)12-6-16-8-14(12)13-7-15-5-11(9)13/h3-8H,1-2H2. The summed E-state index contributed by atoms with van der Waals surface area (Å²) in [6.07, 6.45) is 10.6. The summed E-state index contributed by atoms with van der Waals surface area (Å²) in [5, 5.41) is 4.17. The van der Waals surface area contributed by atoms with Crippen molar-refractivity contribution in [2.24, 2.45) is 0 Å². The fourth-order valence-electron chi connectivity index (χ4n) is 2.16. The Balaban J connectivity index is 2.70. The maximum Gasteiger partial charge on any atom is 0.0988 e. The molecule has 0 aliphatic rings. The SMILES string of the molecule is C=Cc1c(C=C)c2cocc2c2cocc12. The third-order valence-electron chi connectivity index (χ3n) is 2.89. The van der Waals surface area contributed by atoms with E-state index >= 15 is 0 Å². The monoisotopic (exact) mass is 210 g/mol. The van der Waals surface area contributed by atoms with Crippen LogP contribution in [0.4, 0.5) is 0 Å². The summed E-state index contributed by atoms with van der Waals surface area (Å²) in [5.41, 5.74) is 2.07.